The first-order valence-electron chi connectivity index (χ1n) is 8.20. The van der Waals surface area contributed by atoms with Gasteiger partial charge in [-0.05, 0) is 43.3 Å². The molecule has 2 aromatic heterocycles. The molecule has 0 bridgehead atoms. The minimum Gasteiger partial charge on any atom is -0.504 e. The van der Waals surface area contributed by atoms with Crippen LogP contribution in [0.4, 0.5) is 11.5 Å². The molecule has 0 radical (unpaired) electrons. The van der Waals surface area contributed by atoms with E-state index in [1.165, 1.54) is 12.7 Å². The van der Waals surface area contributed by atoms with Crippen molar-refractivity contribution in [2.45, 2.75) is 6.92 Å². The fraction of sp³-hybridized carbons (Fsp3) is 0.100. The van der Waals surface area contributed by atoms with Gasteiger partial charge in [-0.3, -0.25) is 4.40 Å². The summed E-state index contributed by atoms with van der Waals surface area (Å²) in [4.78, 5) is 8.99. The van der Waals surface area contributed by atoms with Gasteiger partial charge in [0, 0.05) is 23.6 Å². The Balaban J connectivity index is 1.87. The van der Waals surface area contributed by atoms with E-state index < -0.39 is 0 Å². The van der Waals surface area contributed by atoms with Crippen molar-refractivity contribution in [1.29, 1.82) is 0 Å². The Morgan fingerprint density at radius 1 is 1.12 bits per heavy atom. The van der Waals surface area contributed by atoms with Crippen LogP contribution in [0, 0.1) is 6.92 Å². The molecule has 4 rings (SSSR count). The fourth-order valence-corrected chi connectivity index (χ4v) is 2.81. The number of rotatable bonds is 4. The number of phenols is 1. The van der Waals surface area contributed by atoms with E-state index in [0.717, 1.165) is 22.8 Å². The zero-order valence-electron chi connectivity index (χ0n) is 14.5. The van der Waals surface area contributed by atoms with E-state index in [1.54, 1.807) is 24.4 Å². The Bertz CT molecular complexity index is 1070. The lowest BCUT2D eigenvalue weighted by atomic mass is 10.1. The van der Waals surface area contributed by atoms with Crippen LogP contribution in [-0.4, -0.2) is 26.6 Å². The number of imidazole rings is 1. The zero-order valence-corrected chi connectivity index (χ0v) is 14.5. The van der Waals surface area contributed by atoms with Gasteiger partial charge >= 0.3 is 0 Å². The second-order valence-electron chi connectivity index (χ2n) is 5.98. The van der Waals surface area contributed by atoms with Crippen LogP contribution in [0.5, 0.6) is 11.5 Å². The molecule has 2 aromatic carbocycles. The minimum absolute atomic E-state index is 0.0891. The van der Waals surface area contributed by atoms with Gasteiger partial charge in [0.1, 0.15) is 11.5 Å². The molecule has 130 valence electrons. The number of ether oxygens (including phenoxy) is 1. The molecule has 0 aliphatic rings. The average Bonchev–Trinajstić information content (AvgIpc) is 3.02. The normalized spacial score (nSPS) is 10.8. The van der Waals surface area contributed by atoms with E-state index in [0.29, 0.717) is 11.5 Å². The second-order valence-corrected chi connectivity index (χ2v) is 5.98. The van der Waals surface area contributed by atoms with Crippen molar-refractivity contribution in [3.8, 4) is 22.8 Å². The van der Waals surface area contributed by atoms with Crippen LogP contribution in [0.25, 0.3) is 17.0 Å². The van der Waals surface area contributed by atoms with Crippen LogP contribution >= 0.6 is 0 Å². The highest BCUT2D eigenvalue weighted by Gasteiger charge is 2.16. The lowest BCUT2D eigenvalue weighted by Gasteiger charge is -2.10. The molecule has 2 N–H and O–H groups in total. The number of hydrogen-bond acceptors (Lipinski definition) is 5. The van der Waals surface area contributed by atoms with Crippen molar-refractivity contribution >= 4 is 17.3 Å². The number of benzene rings is 2. The number of hydrogen-bond donors (Lipinski definition) is 2. The van der Waals surface area contributed by atoms with Crippen LogP contribution in [0.3, 0.4) is 0 Å². The highest BCUT2D eigenvalue weighted by molar-refractivity contribution is 5.80. The molecule has 0 saturated carbocycles. The monoisotopic (exact) mass is 346 g/mol. The average molecular weight is 346 g/mol. The number of aromatic nitrogens is 3. The molecular formula is C20H18N4O2. The highest BCUT2D eigenvalue weighted by Crippen LogP contribution is 2.35. The first-order chi connectivity index (χ1) is 12.7. The lowest BCUT2D eigenvalue weighted by Crippen LogP contribution is -1.97. The molecule has 0 amide bonds. The van der Waals surface area contributed by atoms with Crippen LogP contribution in [0.1, 0.15) is 5.56 Å². The molecule has 0 fully saturated rings. The molecule has 0 spiro atoms. The van der Waals surface area contributed by atoms with Gasteiger partial charge in [-0.15, -0.1) is 0 Å². The third kappa shape index (κ3) is 2.82. The van der Waals surface area contributed by atoms with Gasteiger partial charge < -0.3 is 15.2 Å². The number of nitrogens with one attached hydrogen (secondary N) is 1. The summed E-state index contributed by atoms with van der Waals surface area (Å²) in [6.07, 6.45) is 3.62. The van der Waals surface area contributed by atoms with Crippen LogP contribution in [-0.2, 0) is 0 Å². The van der Waals surface area contributed by atoms with E-state index >= 15 is 0 Å². The summed E-state index contributed by atoms with van der Waals surface area (Å²) in [5, 5.41) is 13.3. The third-order valence-electron chi connectivity index (χ3n) is 4.17. The quantitative estimate of drug-likeness (QED) is 0.580. The van der Waals surface area contributed by atoms with Gasteiger partial charge in [0.15, 0.2) is 11.5 Å². The van der Waals surface area contributed by atoms with Crippen molar-refractivity contribution in [3.05, 3.63) is 66.5 Å². The maximum absolute atomic E-state index is 9.87. The summed E-state index contributed by atoms with van der Waals surface area (Å²) in [7, 11) is 1.52. The molecule has 0 unspecified atom stereocenters. The first-order valence-corrected chi connectivity index (χ1v) is 8.20. The van der Waals surface area contributed by atoms with Crippen molar-refractivity contribution in [2.24, 2.45) is 0 Å². The van der Waals surface area contributed by atoms with Gasteiger partial charge in [0.05, 0.1) is 7.11 Å². The summed E-state index contributed by atoms with van der Waals surface area (Å²) in [5.74, 6) is 1.87. The van der Waals surface area contributed by atoms with Crippen molar-refractivity contribution in [3.63, 3.8) is 0 Å². The SMILES string of the molecule is COc1cc(-c2nc3ncccn3c2Nc2ccc(C)cc2)ccc1O. The molecular weight excluding hydrogens is 328 g/mol. The van der Waals surface area contributed by atoms with Gasteiger partial charge in [0.25, 0.3) is 0 Å². The Kier molecular flexibility index (Phi) is 3.93. The molecule has 6 heteroatoms. The van der Waals surface area contributed by atoms with Crippen molar-refractivity contribution < 1.29 is 9.84 Å². The Morgan fingerprint density at radius 2 is 1.92 bits per heavy atom. The molecule has 0 aliphatic carbocycles. The molecule has 0 saturated heterocycles. The number of anilines is 2. The van der Waals surface area contributed by atoms with E-state index in [-0.39, 0.29) is 5.75 Å². The van der Waals surface area contributed by atoms with Crippen LogP contribution in [0.15, 0.2) is 60.9 Å². The van der Waals surface area contributed by atoms with Crippen LogP contribution in [0.2, 0.25) is 0 Å². The molecule has 0 atom stereocenters. The number of nitrogens with zero attached hydrogens (tertiary/aromatic N) is 3. The third-order valence-corrected chi connectivity index (χ3v) is 4.17. The highest BCUT2D eigenvalue weighted by atomic mass is 16.5. The van der Waals surface area contributed by atoms with Gasteiger partial charge in [-0.1, -0.05) is 17.7 Å². The number of phenolic OH excluding ortho intramolecular Hbond substituents is 1. The minimum atomic E-state index is 0.0891. The van der Waals surface area contributed by atoms with Gasteiger partial charge in [-0.2, -0.15) is 0 Å². The second kappa shape index (κ2) is 6.40. The van der Waals surface area contributed by atoms with E-state index in [9.17, 15) is 5.11 Å². The standard InChI is InChI=1S/C20H18N4O2/c1-13-4-7-15(8-5-13)22-19-18(23-20-21-10-3-11-24(19)20)14-6-9-16(25)17(12-14)26-2/h3-12,22,25H,1-2H3. The maximum Gasteiger partial charge on any atom is 0.235 e. The summed E-state index contributed by atoms with van der Waals surface area (Å²) in [6.45, 7) is 2.05. The summed E-state index contributed by atoms with van der Waals surface area (Å²) in [5.41, 5.74) is 3.69. The zero-order chi connectivity index (χ0) is 18.1. The Hall–Kier alpha value is -3.54. The lowest BCUT2D eigenvalue weighted by molar-refractivity contribution is 0.373. The topological polar surface area (TPSA) is 71.7 Å². The number of aromatic hydroxyl groups is 1. The Labute approximate surface area is 150 Å². The summed E-state index contributed by atoms with van der Waals surface area (Å²) >= 11 is 0. The van der Waals surface area contributed by atoms with E-state index in [1.807, 2.05) is 40.9 Å². The van der Waals surface area contributed by atoms with Crippen molar-refractivity contribution in [1.82, 2.24) is 14.4 Å². The largest absolute Gasteiger partial charge is 0.504 e. The van der Waals surface area contributed by atoms with E-state index in [2.05, 4.69) is 22.2 Å². The summed E-state index contributed by atoms with van der Waals surface area (Å²) < 4.78 is 7.13. The van der Waals surface area contributed by atoms with Crippen LogP contribution < -0.4 is 10.1 Å². The fourth-order valence-electron chi connectivity index (χ4n) is 2.81. The van der Waals surface area contributed by atoms with Crippen molar-refractivity contribution in [2.75, 3.05) is 12.4 Å². The predicted molar refractivity (Wildman–Crippen MR) is 101 cm³/mol. The number of fused-ring (bicyclic) bond motifs is 1. The number of methoxy groups -OCH3 is 1. The molecule has 26 heavy (non-hydrogen) atoms. The molecule has 2 heterocycles. The molecule has 6 nitrogen and oxygen atoms in total. The maximum atomic E-state index is 9.87. The molecule has 4 aromatic rings. The molecule has 0 aliphatic heterocycles. The van der Waals surface area contributed by atoms with Gasteiger partial charge in [0.2, 0.25) is 5.78 Å². The van der Waals surface area contributed by atoms with Gasteiger partial charge in [-0.25, -0.2) is 9.97 Å². The summed E-state index contributed by atoms with van der Waals surface area (Å²) in [6, 6.07) is 15.2. The Morgan fingerprint density at radius 3 is 2.69 bits per heavy atom. The number of aryl methyl sites for hydroxylation is 1. The smallest absolute Gasteiger partial charge is 0.235 e. The first kappa shape index (κ1) is 16.0. The predicted octanol–water partition coefficient (Wildman–Crippen LogP) is 4.16. The van der Waals surface area contributed by atoms with E-state index in [4.69, 9.17) is 4.74 Å².